The first-order chi connectivity index (χ1) is 8.74. The number of aliphatic hydroxyl groups is 1. The molecule has 18 heavy (non-hydrogen) atoms. The summed E-state index contributed by atoms with van der Waals surface area (Å²) in [6.07, 6.45) is 7.19. The van der Waals surface area contributed by atoms with Crippen molar-refractivity contribution in [3.63, 3.8) is 0 Å². The molecule has 0 spiro atoms. The molecule has 1 aromatic rings. The molecule has 6 heteroatoms. The van der Waals surface area contributed by atoms with Crippen LogP contribution in [-0.2, 0) is 11.3 Å². The zero-order valence-corrected chi connectivity index (χ0v) is 10.3. The van der Waals surface area contributed by atoms with Crippen LogP contribution >= 0.6 is 0 Å². The predicted octanol–water partition coefficient (Wildman–Crippen LogP) is 0.182. The minimum atomic E-state index is -0.220. The van der Waals surface area contributed by atoms with Crippen LogP contribution in [0.3, 0.4) is 0 Å². The molecule has 2 fully saturated rings. The Morgan fingerprint density at radius 2 is 2.06 bits per heavy atom. The number of aromatic nitrogens is 3. The van der Waals surface area contributed by atoms with Crippen LogP contribution in [0, 0.1) is 0 Å². The van der Waals surface area contributed by atoms with Gasteiger partial charge in [0.1, 0.15) is 0 Å². The number of nitrogens with zero attached hydrogens (tertiary/aromatic N) is 4. The fourth-order valence-corrected chi connectivity index (χ4v) is 3.25. The van der Waals surface area contributed by atoms with Gasteiger partial charge in [0.05, 0.1) is 18.8 Å². The largest absolute Gasteiger partial charge is 0.393 e. The molecule has 2 atom stereocenters. The summed E-state index contributed by atoms with van der Waals surface area (Å²) in [6.45, 7) is 0.581. The Hall–Kier alpha value is -1.43. The molecule has 6 nitrogen and oxygen atoms in total. The lowest BCUT2D eigenvalue weighted by molar-refractivity contribution is -0.137. The minimum Gasteiger partial charge on any atom is -0.393 e. The van der Waals surface area contributed by atoms with Crippen molar-refractivity contribution in [1.82, 2.24) is 19.9 Å². The van der Waals surface area contributed by atoms with E-state index in [1.165, 1.54) is 0 Å². The number of piperidine rings is 1. The summed E-state index contributed by atoms with van der Waals surface area (Å²) in [6, 6.07) is 0.504. The third kappa shape index (κ3) is 2.12. The molecule has 0 saturated carbocycles. The molecular formula is C12H18N4O2. The van der Waals surface area contributed by atoms with Gasteiger partial charge in [0, 0.05) is 24.7 Å². The van der Waals surface area contributed by atoms with Crippen LogP contribution in [0.4, 0.5) is 0 Å². The molecule has 2 bridgehead atoms. The summed E-state index contributed by atoms with van der Waals surface area (Å²) in [5, 5.41) is 17.3. The summed E-state index contributed by atoms with van der Waals surface area (Å²) in [5.74, 6) is 0.185. The van der Waals surface area contributed by atoms with Gasteiger partial charge in [-0.2, -0.15) is 0 Å². The zero-order valence-electron chi connectivity index (χ0n) is 10.3. The molecule has 2 aliphatic rings. The molecule has 3 rings (SSSR count). The van der Waals surface area contributed by atoms with E-state index in [1.54, 1.807) is 17.1 Å². The van der Waals surface area contributed by atoms with Gasteiger partial charge in [-0.3, -0.25) is 9.48 Å². The van der Waals surface area contributed by atoms with E-state index in [4.69, 9.17) is 0 Å². The van der Waals surface area contributed by atoms with Gasteiger partial charge in [-0.05, 0) is 25.7 Å². The van der Waals surface area contributed by atoms with Gasteiger partial charge in [-0.25, -0.2) is 0 Å². The maximum Gasteiger partial charge on any atom is 0.224 e. The highest BCUT2D eigenvalue weighted by molar-refractivity contribution is 5.77. The number of fused-ring (bicyclic) bond motifs is 2. The molecule has 0 aromatic carbocycles. The topological polar surface area (TPSA) is 71.2 Å². The van der Waals surface area contributed by atoms with Crippen molar-refractivity contribution in [3.8, 4) is 0 Å². The zero-order chi connectivity index (χ0) is 12.5. The quantitative estimate of drug-likeness (QED) is 0.831. The Morgan fingerprint density at radius 3 is 2.67 bits per heavy atom. The molecule has 0 radical (unpaired) electrons. The number of hydrogen-bond acceptors (Lipinski definition) is 4. The van der Waals surface area contributed by atoms with Crippen LogP contribution in [0.1, 0.15) is 32.1 Å². The lowest BCUT2D eigenvalue weighted by atomic mass is 9.99. The second-order valence-corrected chi connectivity index (χ2v) is 5.23. The Labute approximate surface area is 106 Å². The van der Waals surface area contributed by atoms with Gasteiger partial charge in [-0.1, -0.05) is 5.21 Å². The number of aliphatic hydroxyl groups excluding tert-OH is 1. The molecular weight excluding hydrogens is 232 g/mol. The molecule has 1 amide bonds. The van der Waals surface area contributed by atoms with Crippen LogP contribution in [0.2, 0.25) is 0 Å². The fraction of sp³-hybridized carbons (Fsp3) is 0.750. The van der Waals surface area contributed by atoms with Crippen molar-refractivity contribution in [2.75, 3.05) is 0 Å². The molecule has 98 valence electrons. The van der Waals surface area contributed by atoms with Crippen molar-refractivity contribution in [2.45, 2.75) is 56.8 Å². The number of carbonyl (C=O) groups is 1. The highest BCUT2D eigenvalue weighted by atomic mass is 16.3. The molecule has 3 heterocycles. The standard InChI is InChI=1S/C12H18N4O2/c17-11-7-9-1-2-10(8-11)16(9)12(18)3-5-15-6-4-13-14-15/h4,6,9-11,17H,1-3,5,7-8H2. The molecule has 1 aromatic heterocycles. The molecule has 2 saturated heterocycles. The van der Waals surface area contributed by atoms with E-state index in [9.17, 15) is 9.90 Å². The van der Waals surface area contributed by atoms with Crippen molar-refractivity contribution in [2.24, 2.45) is 0 Å². The summed E-state index contributed by atoms with van der Waals surface area (Å²) >= 11 is 0. The molecule has 0 aliphatic carbocycles. The summed E-state index contributed by atoms with van der Waals surface area (Å²) < 4.78 is 1.68. The van der Waals surface area contributed by atoms with E-state index in [1.807, 2.05) is 4.90 Å². The Morgan fingerprint density at radius 1 is 1.33 bits per heavy atom. The highest BCUT2D eigenvalue weighted by Crippen LogP contribution is 2.36. The lowest BCUT2D eigenvalue weighted by Crippen LogP contribution is -2.48. The maximum atomic E-state index is 12.2. The number of hydrogen-bond donors (Lipinski definition) is 1. The fourth-order valence-electron chi connectivity index (χ4n) is 3.25. The van der Waals surface area contributed by atoms with E-state index in [-0.39, 0.29) is 24.1 Å². The maximum absolute atomic E-state index is 12.2. The highest BCUT2D eigenvalue weighted by Gasteiger charge is 2.42. The van der Waals surface area contributed by atoms with E-state index in [2.05, 4.69) is 10.3 Å². The first-order valence-corrected chi connectivity index (χ1v) is 6.57. The monoisotopic (exact) mass is 250 g/mol. The second kappa shape index (κ2) is 4.68. The van der Waals surface area contributed by atoms with Crippen molar-refractivity contribution in [1.29, 1.82) is 0 Å². The third-order valence-corrected chi connectivity index (χ3v) is 4.02. The third-order valence-electron chi connectivity index (χ3n) is 4.02. The number of carbonyl (C=O) groups excluding carboxylic acids is 1. The summed E-state index contributed by atoms with van der Waals surface area (Å²) in [7, 11) is 0. The Bertz CT molecular complexity index is 406. The first kappa shape index (κ1) is 11.6. The number of rotatable bonds is 3. The number of aryl methyl sites for hydroxylation is 1. The van der Waals surface area contributed by atoms with Crippen LogP contribution in [0.15, 0.2) is 12.4 Å². The van der Waals surface area contributed by atoms with Gasteiger partial charge >= 0.3 is 0 Å². The summed E-state index contributed by atoms with van der Waals surface area (Å²) in [5.41, 5.74) is 0. The normalized spacial score (nSPS) is 30.7. The van der Waals surface area contributed by atoms with Gasteiger partial charge in [0.2, 0.25) is 5.91 Å². The Kier molecular flexibility index (Phi) is 3.03. The average molecular weight is 250 g/mol. The summed E-state index contributed by atoms with van der Waals surface area (Å²) in [4.78, 5) is 14.2. The van der Waals surface area contributed by atoms with E-state index >= 15 is 0 Å². The van der Waals surface area contributed by atoms with Crippen molar-refractivity contribution < 1.29 is 9.90 Å². The van der Waals surface area contributed by atoms with Gasteiger partial charge < -0.3 is 10.0 Å². The first-order valence-electron chi connectivity index (χ1n) is 6.57. The molecule has 2 unspecified atom stereocenters. The van der Waals surface area contributed by atoms with Crippen LogP contribution < -0.4 is 0 Å². The van der Waals surface area contributed by atoms with Crippen LogP contribution in [-0.4, -0.2) is 49.1 Å². The molecule has 2 aliphatic heterocycles. The average Bonchev–Trinajstić information content (AvgIpc) is 2.94. The van der Waals surface area contributed by atoms with E-state index in [0.29, 0.717) is 13.0 Å². The van der Waals surface area contributed by atoms with Crippen molar-refractivity contribution >= 4 is 5.91 Å². The molecule has 1 N–H and O–H groups in total. The Balaban J connectivity index is 1.60. The second-order valence-electron chi connectivity index (χ2n) is 5.23. The van der Waals surface area contributed by atoms with Crippen molar-refractivity contribution in [3.05, 3.63) is 12.4 Å². The minimum absolute atomic E-state index is 0.185. The van der Waals surface area contributed by atoms with Gasteiger partial charge in [0.25, 0.3) is 0 Å². The van der Waals surface area contributed by atoms with Gasteiger partial charge in [0.15, 0.2) is 0 Å². The lowest BCUT2D eigenvalue weighted by Gasteiger charge is -2.37. The van der Waals surface area contributed by atoms with Crippen LogP contribution in [0.5, 0.6) is 0 Å². The number of amides is 1. The smallest absolute Gasteiger partial charge is 0.224 e. The van der Waals surface area contributed by atoms with Crippen LogP contribution in [0.25, 0.3) is 0 Å². The van der Waals surface area contributed by atoms with E-state index in [0.717, 1.165) is 25.7 Å². The van der Waals surface area contributed by atoms with E-state index < -0.39 is 0 Å². The van der Waals surface area contributed by atoms with Gasteiger partial charge in [-0.15, -0.1) is 5.10 Å². The SMILES string of the molecule is O=C(CCn1ccnn1)N1C2CCC1CC(O)C2. The predicted molar refractivity (Wildman–Crippen MR) is 63.5 cm³/mol.